The summed E-state index contributed by atoms with van der Waals surface area (Å²) >= 11 is 0. The van der Waals surface area contributed by atoms with Gasteiger partial charge >= 0.3 is 0 Å². The number of benzene rings is 6. The van der Waals surface area contributed by atoms with Gasteiger partial charge in [-0.3, -0.25) is 5.32 Å². The molecule has 47 heavy (non-hydrogen) atoms. The first-order valence-corrected chi connectivity index (χ1v) is 16.5. The maximum atomic E-state index is 4.38. The second-order valence-corrected chi connectivity index (χ2v) is 11.7. The van der Waals surface area contributed by atoms with E-state index in [2.05, 4.69) is 224 Å². The van der Waals surface area contributed by atoms with Gasteiger partial charge in [-0.15, -0.1) is 0 Å². The fraction of sp³-hybridized carbons (Fsp3) is 0.111. The number of allylic oxidation sites excluding steroid dienone is 2. The first-order chi connectivity index (χ1) is 23.3. The van der Waals surface area contributed by atoms with Gasteiger partial charge in [0, 0.05) is 13.1 Å². The molecule has 1 aliphatic rings. The highest BCUT2D eigenvalue weighted by molar-refractivity contribution is 5.56. The molecular weight excluding hydrogens is 569 g/mol. The first kappa shape index (κ1) is 31.5. The van der Waals surface area contributed by atoms with Crippen LogP contribution in [0.5, 0.6) is 0 Å². The van der Waals surface area contributed by atoms with Crippen LogP contribution in [0.1, 0.15) is 40.3 Å². The van der Waals surface area contributed by atoms with Gasteiger partial charge in [-0.05, 0) is 52.6 Å². The Morgan fingerprint density at radius 3 is 0.894 bits per heavy atom. The van der Waals surface area contributed by atoms with Gasteiger partial charge in [0.2, 0.25) is 0 Å². The Morgan fingerprint density at radius 2 is 0.702 bits per heavy atom. The van der Waals surface area contributed by atoms with E-state index in [1.54, 1.807) is 0 Å². The first-order valence-electron chi connectivity index (χ1n) is 16.5. The second kappa shape index (κ2) is 15.2. The van der Waals surface area contributed by atoms with E-state index >= 15 is 0 Å². The topological polar surface area (TPSA) is 15.3 Å². The standard InChI is InChI=1S/C38H31N.C7H11N/c1-7-19-31(20-8-1)37(32-21-9-2-10-22-32,33-23-11-3-12-24-33)39-38(34-25-13-4-14-26-34,35-27-15-5-16-28-35)36-29-17-6-18-30-36;1-2-8-6-4-3-5-7-8/h1-30,39H;3-6H,2,7H2,1H3. The lowest BCUT2D eigenvalue weighted by Crippen LogP contribution is -2.57. The molecule has 0 aliphatic carbocycles. The van der Waals surface area contributed by atoms with Crippen LogP contribution in [0, 0.1) is 0 Å². The maximum Gasteiger partial charge on any atom is 0.0959 e. The summed E-state index contributed by atoms with van der Waals surface area (Å²) in [5, 5.41) is 4.38. The van der Waals surface area contributed by atoms with Gasteiger partial charge < -0.3 is 4.90 Å². The van der Waals surface area contributed by atoms with Crippen LogP contribution < -0.4 is 5.32 Å². The Bertz CT molecular complexity index is 1520. The third-order valence-electron chi connectivity index (χ3n) is 8.91. The average Bonchev–Trinajstić information content (AvgIpc) is 3.18. The van der Waals surface area contributed by atoms with Crippen molar-refractivity contribution in [2.24, 2.45) is 0 Å². The van der Waals surface area contributed by atoms with Crippen molar-refractivity contribution < 1.29 is 0 Å². The van der Waals surface area contributed by atoms with Crippen molar-refractivity contribution in [3.63, 3.8) is 0 Å². The Morgan fingerprint density at radius 1 is 0.426 bits per heavy atom. The largest absolute Gasteiger partial charge is 0.374 e. The van der Waals surface area contributed by atoms with E-state index < -0.39 is 11.1 Å². The number of nitrogens with one attached hydrogen (secondary N) is 1. The molecule has 0 spiro atoms. The molecule has 0 fully saturated rings. The van der Waals surface area contributed by atoms with Crippen LogP contribution in [-0.2, 0) is 11.1 Å². The predicted molar refractivity (Wildman–Crippen MR) is 197 cm³/mol. The summed E-state index contributed by atoms with van der Waals surface area (Å²) < 4.78 is 0. The Kier molecular flexibility index (Phi) is 10.2. The van der Waals surface area contributed by atoms with Crippen LogP contribution in [-0.4, -0.2) is 18.0 Å². The molecule has 6 aromatic carbocycles. The fourth-order valence-electron chi connectivity index (χ4n) is 6.58. The number of likely N-dealkylation sites (N-methyl/N-ethyl adjacent to an activating group) is 1. The molecule has 0 saturated heterocycles. The molecule has 232 valence electrons. The highest BCUT2D eigenvalue weighted by atomic mass is 15.1. The Labute approximate surface area is 280 Å². The fourth-order valence-corrected chi connectivity index (χ4v) is 6.58. The average molecular weight is 611 g/mol. The smallest absolute Gasteiger partial charge is 0.0959 e. The number of hydrogen-bond donors (Lipinski definition) is 1. The molecule has 2 nitrogen and oxygen atoms in total. The lowest BCUT2D eigenvalue weighted by atomic mass is 9.70. The highest BCUT2D eigenvalue weighted by Crippen LogP contribution is 2.45. The molecular formula is C45H42N2. The van der Waals surface area contributed by atoms with Gasteiger partial charge in [0.15, 0.2) is 0 Å². The number of hydrogen-bond acceptors (Lipinski definition) is 2. The summed E-state index contributed by atoms with van der Waals surface area (Å²) in [5.74, 6) is 0. The van der Waals surface area contributed by atoms with Crippen LogP contribution in [0.15, 0.2) is 206 Å². The van der Waals surface area contributed by atoms with E-state index in [0.717, 1.165) is 13.1 Å². The molecule has 1 N–H and O–H groups in total. The SMILES string of the molecule is CCN1C=CC=CC1.c1ccc(C(NC(c2ccccc2)(c2ccccc2)c2ccccc2)(c2ccccc2)c2ccccc2)cc1. The Balaban J connectivity index is 0.000000424. The molecule has 0 atom stereocenters. The van der Waals surface area contributed by atoms with E-state index in [1.807, 2.05) is 0 Å². The minimum atomic E-state index is -0.675. The van der Waals surface area contributed by atoms with Crippen molar-refractivity contribution in [3.8, 4) is 0 Å². The van der Waals surface area contributed by atoms with Gasteiger partial charge in [0.05, 0.1) is 11.1 Å². The van der Waals surface area contributed by atoms with E-state index in [1.165, 1.54) is 33.4 Å². The summed E-state index contributed by atoms with van der Waals surface area (Å²) in [6, 6.07) is 64.9. The monoisotopic (exact) mass is 610 g/mol. The summed E-state index contributed by atoms with van der Waals surface area (Å²) in [5.41, 5.74) is 5.70. The molecule has 0 saturated carbocycles. The zero-order valence-electron chi connectivity index (χ0n) is 27.0. The summed E-state index contributed by atoms with van der Waals surface area (Å²) in [6.45, 7) is 4.34. The molecule has 0 unspecified atom stereocenters. The van der Waals surface area contributed by atoms with Crippen LogP contribution in [0.25, 0.3) is 0 Å². The molecule has 0 bridgehead atoms. The third-order valence-corrected chi connectivity index (χ3v) is 8.91. The molecule has 6 aromatic rings. The van der Waals surface area contributed by atoms with Crippen molar-refractivity contribution in [1.29, 1.82) is 0 Å². The van der Waals surface area contributed by atoms with Crippen LogP contribution in [0.3, 0.4) is 0 Å². The van der Waals surface area contributed by atoms with Crippen molar-refractivity contribution in [2.45, 2.75) is 18.0 Å². The van der Waals surface area contributed by atoms with Crippen molar-refractivity contribution in [1.82, 2.24) is 10.2 Å². The predicted octanol–water partition coefficient (Wildman–Crippen LogP) is 9.95. The van der Waals surface area contributed by atoms with Crippen LogP contribution in [0.2, 0.25) is 0 Å². The lowest BCUT2D eigenvalue weighted by molar-refractivity contribution is 0.354. The quantitative estimate of drug-likeness (QED) is 0.164. The van der Waals surface area contributed by atoms with E-state index in [-0.39, 0.29) is 0 Å². The molecule has 0 radical (unpaired) electrons. The van der Waals surface area contributed by atoms with Crippen LogP contribution >= 0.6 is 0 Å². The molecule has 1 heterocycles. The van der Waals surface area contributed by atoms with Crippen molar-refractivity contribution in [2.75, 3.05) is 13.1 Å². The second-order valence-electron chi connectivity index (χ2n) is 11.7. The van der Waals surface area contributed by atoms with Crippen molar-refractivity contribution in [3.05, 3.63) is 240 Å². The molecule has 1 aliphatic heterocycles. The van der Waals surface area contributed by atoms with Gasteiger partial charge in [0.25, 0.3) is 0 Å². The highest BCUT2D eigenvalue weighted by Gasteiger charge is 2.46. The number of nitrogens with zero attached hydrogens (tertiary/aromatic N) is 1. The van der Waals surface area contributed by atoms with Gasteiger partial charge in [0.1, 0.15) is 0 Å². The third kappa shape index (κ3) is 6.74. The Hall–Kier alpha value is -5.44. The van der Waals surface area contributed by atoms with Gasteiger partial charge in [-0.25, -0.2) is 0 Å². The summed E-state index contributed by atoms with van der Waals surface area (Å²) in [6.07, 6.45) is 8.41. The zero-order valence-corrected chi connectivity index (χ0v) is 27.0. The molecule has 2 heteroatoms. The summed E-state index contributed by atoms with van der Waals surface area (Å²) in [4.78, 5) is 2.25. The van der Waals surface area contributed by atoms with Crippen molar-refractivity contribution >= 4 is 0 Å². The van der Waals surface area contributed by atoms with Crippen LogP contribution in [0.4, 0.5) is 0 Å². The van der Waals surface area contributed by atoms with Gasteiger partial charge in [-0.1, -0.05) is 194 Å². The minimum Gasteiger partial charge on any atom is -0.374 e. The number of rotatable bonds is 9. The van der Waals surface area contributed by atoms with E-state index in [0.29, 0.717) is 0 Å². The van der Waals surface area contributed by atoms with E-state index in [9.17, 15) is 0 Å². The van der Waals surface area contributed by atoms with Gasteiger partial charge in [-0.2, -0.15) is 0 Å². The normalized spacial score (nSPS) is 12.7. The molecule has 7 rings (SSSR count). The maximum absolute atomic E-state index is 4.38. The molecule has 0 amide bonds. The lowest BCUT2D eigenvalue weighted by Gasteiger charge is -2.47. The molecule has 0 aromatic heterocycles. The zero-order chi connectivity index (χ0) is 32.2. The summed E-state index contributed by atoms with van der Waals surface area (Å²) in [7, 11) is 0. The minimum absolute atomic E-state index is 0.675. The van der Waals surface area contributed by atoms with E-state index in [4.69, 9.17) is 0 Å².